The third kappa shape index (κ3) is 2.71. The van der Waals surface area contributed by atoms with E-state index in [1.165, 1.54) is 0 Å². The van der Waals surface area contributed by atoms with Gasteiger partial charge in [0.2, 0.25) is 0 Å². The molecule has 1 heterocycles. The van der Waals surface area contributed by atoms with E-state index in [1.54, 1.807) is 7.11 Å². The molecule has 3 nitrogen and oxygen atoms in total. The lowest BCUT2D eigenvalue weighted by atomic mass is 9.99. The number of ether oxygens (including phenoxy) is 2. The zero-order valence-electron chi connectivity index (χ0n) is 11.9. The van der Waals surface area contributed by atoms with Crippen molar-refractivity contribution >= 4 is 11.6 Å². The summed E-state index contributed by atoms with van der Waals surface area (Å²) in [6, 6.07) is 11.8. The summed E-state index contributed by atoms with van der Waals surface area (Å²) in [6.07, 6.45) is 1.85. The molecule has 0 aromatic heterocycles. The fourth-order valence-corrected chi connectivity index (χ4v) is 2.99. The second-order valence-corrected chi connectivity index (χ2v) is 5.57. The van der Waals surface area contributed by atoms with Crippen molar-refractivity contribution in [3.8, 4) is 22.6 Å². The number of hydrogen-bond acceptors (Lipinski definition) is 3. The topological polar surface area (TPSA) is 44.5 Å². The van der Waals surface area contributed by atoms with E-state index in [9.17, 15) is 0 Å². The van der Waals surface area contributed by atoms with Gasteiger partial charge in [0.05, 0.1) is 7.11 Å². The van der Waals surface area contributed by atoms with Gasteiger partial charge in [-0.25, -0.2) is 0 Å². The van der Waals surface area contributed by atoms with Crippen LogP contribution < -0.4 is 15.2 Å². The number of nitrogens with two attached hydrogens (primary N) is 1. The van der Waals surface area contributed by atoms with E-state index in [0.717, 1.165) is 41.0 Å². The van der Waals surface area contributed by atoms with Crippen LogP contribution in [-0.4, -0.2) is 19.8 Å². The molecule has 2 N–H and O–H groups in total. The predicted molar refractivity (Wildman–Crippen MR) is 85.2 cm³/mol. The van der Waals surface area contributed by atoms with Crippen molar-refractivity contribution in [3.05, 3.63) is 47.0 Å². The fourth-order valence-electron chi connectivity index (χ4n) is 2.75. The van der Waals surface area contributed by atoms with Crippen LogP contribution in [0.25, 0.3) is 11.1 Å². The minimum Gasteiger partial charge on any atom is -0.497 e. The van der Waals surface area contributed by atoms with Crippen molar-refractivity contribution < 1.29 is 9.47 Å². The van der Waals surface area contributed by atoms with Gasteiger partial charge in [-0.15, -0.1) is 0 Å². The molecule has 0 spiro atoms. The summed E-state index contributed by atoms with van der Waals surface area (Å²) >= 11 is 6.34. The highest BCUT2D eigenvalue weighted by molar-refractivity contribution is 6.33. The molecule has 2 aromatic rings. The Hall–Kier alpha value is -1.71. The molecule has 21 heavy (non-hydrogen) atoms. The lowest BCUT2D eigenvalue weighted by Gasteiger charge is -2.13. The maximum absolute atomic E-state index is 6.34. The summed E-state index contributed by atoms with van der Waals surface area (Å²) in [7, 11) is 1.67. The van der Waals surface area contributed by atoms with Gasteiger partial charge in [-0.3, -0.25) is 0 Å². The van der Waals surface area contributed by atoms with Crippen LogP contribution in [0.1, 0.15) is 12.0 Å². The molecular formula is C17H18ClNO2. The molecule has 0 radical (unpaired) electrons. The summed E-state index contributed by atoms with van der Waals surface area (Å²) in [6.45, 7) is 0.622. The van der Waals surface area contributed by atoms with Gasteiger partial charge in [0, 0.05) is 28.1 Å². The maximum atomic E-state index is 6.34. The normalized spacial score (nSPS) is 16.4. The highest BCUT2D eigenvalue weighted by atomic mass is 35.5. The van der Waals surface area contributed by atoms with Crippen LogP contribution in [0.4, 0.5) is 0 Å². The van der Waals surface area contributed by atoms with Gasteiger partial charge >= 0.3 is 0 Å². The van der Waals surface area contributed by atoms with E-state index in [2.05, 4.69) is 0 Å². The Morgan fingerprint density at radius 3 is 2.81 bits per heavy atom. The summed E-state index contributed by atoms with van der Waals surface area (Å²) in [4.78, 5) is 0. The molecule has 0 saturated heterocycles. The van der Waals surface area contributed by atoms with Gasteiger partial charge in [-0.1, -0.05) is 29.8 Å². The van der Waals surface area contributed by atoms with E-state index in [-0.39, 0.29) is 6.10 Å². The van der Waals surface area contributed by atoms with Crippen molar-refractivity contribution in [2.45, 2.75) is 18.9 Å². The standard InChI is InChI=1S/C17H18ClNO2/c1-20-13-9-11-8-12(6-7-19)21-17(11)15(10-13)14-4-2-3-5-16(14)18/h2-5,9-10,12H,6-8,19H2,1H3. The number of benzene rings is 2. The van der Waals surface area contributed by atoms with Crippen LogP contribution in [0, 0.1) is 0 Å². The van der Waals surface area contributed by atoms with Gasteiger partial charge in [0.15, 0.2) is 0 Å². The number of hydrogen-bond donors (Lipinski definition) is 1. The molecule has 4 heteroatoms. The molecular weight excluding hydrogens is 286 g/mol. The van der Waals surface area contributed by atoms with Crippen LogP contribution in [0.5, 0.6) is 11.5 Å². The number of rotatable bonds is 4. The minimum atomic E-state index is 0.137. The average Bonchev–Trinajstić information content (AvgIpc) is 2.89. The first-order valence-corrected chi connectivity index (χ1v) is 7.43. The van der Waals surface area contributed by atoms with E-state index in [0.29, 0.717) is 11.6 Å². The molecule has 0 fully saturated rings. The lowest BCUT2D eigenvalue weighted by molar-refractivity contribution is 0.225. The summed E-state index contributed by atoms with van der Waals surface area (Å²) in [5.41, 5.74) is 8.74. The SMILES string of the molecule is COc1cc2c(c(-c3ccccc3Cl)c1)OC(CCN)C2. The molecule has 110 valence electrons. The second kappa shape index (κ2) is 5.96. The first kappa shape index (κ1) is 14.2. The van der Waals surface area contributed by atoms with Gasteiger partial charge in [0.25, 0.3) is 0 Å². The van der Waals surface area contributed by atoms with Crippen molar-refractivity contribution in [3.63, 3.8) is 0 Å². The van der Waals surface area contributed by atoms with E-state index in [4.69, 9.17) is 26.8 Å². The highest BCUT2D eigenvalue weighted by Gasteiger charge is 2.27. The molecule has 1 unspecified atom stereocenters. The van der Waals surface area contributed by atoms with Gasteiger partial charge in [0.1, 0.15) is 17.6 Å². The Balaban J connectivity index is 2.10. The van der Waals surface area contributed by atoms with Crippen LogP contribution in [0.2, 0.25) is 5.02 Å². The Bertz CT molecular complexity index is 657. The first-order chi connectivity index (χ1) is 10.2. The smallest absolute Gasteiger partial charge is 0.131 e. The average molecular weight is 304 g/mol. The predicted octanol–water partition coefficient (Wildman–Crippen LogP) is 3.67. The Labute approximate surface area is 129 Å². The number of methoxy groups -OCH3 is 1. The highest BCUT2D eigenvalue weighted by Crippen LogP contribution is 2.44. The maximum Gasteiger partial charge on any atom is 0.131 e. The minimum absolute atomic E-state index is 0.137. The fraction of sp³-hybridized carbons (Fsp3) is 0.294. The monoisotopic (exact) mass is 303 g/mol. The van der Waals surface area contributed by atoms with Gasteiger partial charge < -0.3 is 15.2 Å². The van der Waals surface area contributed by atoms with Crippen molar-refractivity contribution in [2.24, 2.45) is 5.73 Å². The molecule has 1 aliphatic rings. The van der Waals surface area contributed by atoms with Crippen LogP contribution in [-0.2, 0) is 6.42 Å². The molecule has 1 atom stereocenters. The van der Waals surface area contributed by atoms with Crippen LogP contribution in [0.3, 0.4) is 0 Å². The Morgan fingerprint density at radius 1 is 1.29 bits per heavy atom. The first-order valence-electron chi connectivity index (χ1n) is 7.05. The number of fused-ring (bicyclic) bond motifs is 1. The molecule has 0 amide bonds. The van der Waals surface area contributed by atoms with E-state index < -0.39 is 0 Å². The largest absolute Gasteiger partial charge is 0.497 e. The summed E-state index contributed by atoms with van der Waals surface area (Å²) in [5.74, 6) is 1.73. The Morgan fingerprint density at radius 2 is 2.10 bits per heavy atom. The van der Waals surface area contributed by atoms with Crippen molar-refractivity contribution in [1.82, 2.24) is 0 Å². The van der Waals surface area contributed by atoms with Crippen LogP contribution >= 0.6 is 11.6 Å². The third-order valence-corrected chi connectivity index (χ3v) is 4.09. The quantitative estimate of drug-likeness (QED) is 0.937. The molecule has 1 aliphatic heterocycles. The van der Waals surface area contributed by atoms with Crippen LogP contribution in [0.15, 0.2) is 36.4 Å². The zero-order valence-corrected chi connectivity index (χ0v) is 12.7. The summed E-state index contributed by atoms with van der Waals surface area (Å²) in [5, 5.41) is 0.707. The molecule has 0 aliphatic carbocycles. The van der Waals surface area contributed by atoms with E-state index >= 15 is 0 Å². The van der Waals surface area contributed by atoms with Crippen molar-refractivity contribution in [1.29, 1.82) is 0 Å². The third-order valence-electron chi connectivity index (χ3n) is 3.76. The number of halogens is 1. The van der Waals surface area contributed by atoms with Crippen molar-refractivity contribution in [2.75, 3.05) is 13.7 Å². The second-order valence-electron chi connectivity index (χ2n) is 5.16. The Kier molecular flexibility index (Phi) is 4.04. The van der Waals surface area contributed by atoms with E-state index in [1.807, 2.05) is 36.4 Å². The zero-order chi connectivity index (χ0) is 14.8. The molecule has 0 saturated carbocycles. The summed E-state index contributed by atoms with van der Waals surface area (Å²) < 4.78 is 11.5. The molecule has 0 bridgehead atoms. The lowest BCUT2D eigenvalue weighted by Crippen LogP contribution is -2.17. The van der Waals surface area contributed by atoms with Gasteiger partial charge in [-0.2, -0.15) is 0 Å². The molecule has 2 aromatic carbocycles. The van der Waals surface area contributed by atoms with Gasteiger partial charge in [-0.05, 0) is 31.2 Å². The molecule has 3 rings (SSSR count).